The molecular weight excluding hydrogens is 298 g/mol. The van der Waals surface area contributed by atoms with Gasteiger partial charge in [0.15, 0.2) is 0 Å². The Morgan fingerprint density at radius 2 is 2.23 bits per heavy atom. The third-order valence-electron chi connectivity index (χ3n) is 4.58. The third kappa shape index (κ3) is 4.22. The molecule has 2 saturated heterocycles. The molecule has 2 aliphatic rings. The minimum absolute atomic E-state index is 0.231. The average molecular weight is 322 g/mol. The molecule has 0 bridgehead atoms. The van der Waals surface area contributed by atoms with Crippen molar-refractivity contribution in [3.63, 3.8) is 0 Å². The van der Waals surface area contributed by atoms with Crippen molar-refractivity contribution < 1.29 is 4.79 Å². The molecule has 1 atom stereocenters. The van der Waals surface area contributed by atoms with E-state index in [9.17, 15) is 4.79 Å². The van der Waals surface area contributed by atoms with Crippen LogP contribution in [-0.4, -0.2) is 55.0 Å². The van der Waals surface area contributed by atoms with E-state index in [4.69, 9.17) is 11.6 Å². The van der Waals surface area contributed by atoms with Crippen LogP contribution in [0.3, 0.4) is 0 Å². The van der Waals surface area contributed by atoms with Gasteiger partial charge >= 0.3 is 0 Å². The van der Waals surface area contributed by atoms with Crippen molar-refractivity contribution in [2.75, 3.05) is 39.3 Å². The first-order valence-corrected chi connectivity index (χ1v) is 8.54. The maximum absolute atomic E-state index is 12.4. The van der Waals surface area contributed by atoms with Crippen LogP contribution in [0, 0.1) is 5.92 Å². The molecule has 0 aliphatic carbocycles. The van der Waals surface area contributed by atoms with Gasteiger partial charge in [0.05, 0.1) is 6.54 Å². The van der Waals surface area contributed by atoms with Gasteiger partial charge in [0, 0.05) is 31.2 Å². The first-order valence-electron chi connectivity index (χ1n) is 8.16. The second kappa shape index (κ2) is 7.44. The van der Waals surface area contributed by atoms with Crippen molar-refractivity contribution >= 4 is 17.5 Å². The van der Waals surface area contributed by atoms with Gasteiger partial charge in [-0.1, -0.05) is 23.7 Å². The fourth-order valence-electron chi connectivity index (χ4n) is 3.38. The topological polar surface area (TPSA) is 35.6 Å². The molecule has 1 aromatic rings. The highest BCUT2D eigenvalue weighted by Gasteiger charge is 2.26. The summed E-state index contributed by atoms with van der Waals surface area (Å²) in [7, 11) is 0. The molecule has 4 nitrogen and oxygen atoms in total. The highest BCUT2D eigenvalue weighted by Crippen LogP contribution is 2.16. The first-order chi connectivity index (χ1) is 10.7. The Balaban J connectivity index is 1.50. The van der Waals surface area contributed by atoms with E-state index in [1.54, 1.807) is 0 Å². The summed E-state index contributed by atoms with van der Waals surface area (Å²) in [5.74, 6) is 0.927. The minimum Gasteiger partial charge on any atom is -0.336 e. The van der Waals surface area contributed by atoms with Crippen molar-refractivity contribution in [1.82, 2.24) is 15.1 Å². The Morgan fingerprint density at radius 1 is 1.32 bits per heavy atom. The monoisotopic (exact) mass is 321 g/mol. The summed E-state index contributed by atoms with van der Waals surface area (Å²) in [5, 5.41) is 4.18. The third-order valence-corrected chi connectivity index (χ3v) is 4.81. The number of rotatable bonds is 4. The lowest BCUT2D eigenvalue weighted by molar-refractivity contribution is -0.136. The molecule has 0 aromatic heterocycles. The lowest BCUT2D eigenvalue weighted by atomic mass is 9.99. The molecule has 5 heteroatoms. The average Bonchev–Trinajstić information content (AvgIpc) is 2.51. The number of carbonyl (C=O) groups excluding carboxylic acids is 1. The van der Waals surface area contributed by atoms with Gasteiger partial charge in [-0.3, -0.25) is 9.69 Å². The van der Waals surface area contributed by atoms with Crippen LogP contribution in [0.1, 0.15) is 18.4 Å². The predicted octanol–water partition coefficient (Wildman–Crippen LogP) is 1.98. The molecule has 120 valence electrons. The Hall–Kier alpha value is -1.10. The summed E-state index contributed by atoms with van der Waals surface area (Å²) in [4.78, 5) is 16.6. The number of nitrogens with zero attached hydrogens (tertiary/aromatic N) is 2. The number of halogens is 1. The van der Waals surface area contributed by atoms with E-state index in [0.717, 1.165) is 43.3 Å². The fraction of sp³-hybridized carbons (Fsp3) is 0.588. The molecule has 2 aliphatic heterocycles. The fourth-order valence-corrected chi connectivity index (χ4v) is 3.59. The van der Waals surface area contributed by atoms with E-state index in [0.29, 0.717) is 19.0 Å². The van der Waals surface area contributed by atoms with E-state index >= 15 is 0 Å². The number of piperidine rings is 1. The van der Waals surface area contributed by atoms with Crippen LogP contribution in [0.25, 0.3) is 0 Å². The lowest BCUT2D eigenvalue weighted by Crippen LogP contribution is -2.51. The van der Waals surface area contributed by atoms with Gasteiger partial charge in [-0.2, -0.15) is 0 Å². The van der Waals surface area contributed by atoms with Crippen molar-refractivity contribution in [2.45, 2.75) is 19.4 Å². The van der Waals surface area contributed by atoms with Crippen LogP contribution in [0.5, 0.6) is 0 Å². The maximum Gasteiger partial charge on any atom is 0.237 e. The van der Waals surface area contributed by atoms with Crippen molar-refractivity contribution in [2.24, 2.45) is 5.92 Å². The molecule has 1 unspecified atom stereocenters. The Morgan fingerprint density at radius 3 is 2.95 bits per heavy atom. The first kappa shape index (κ1) is 15.8. The van der Waals surface area contributed by atoms with E-state index in [-0.39, 0.29) is 5.91 Å². The minimum atomic E-state index is 0.231. The van der Waals surface area contributed by atoms with Gasteiger partial charge in [0.2, 0.25) is 5.91 Å². The van der Waals surface area contributed by atoms with Crippen molar-refractivity contribution in [1.29, 1.82) is 0 Å². The number of amides is 1. The van der Waals surface area contributed by atoms with Gasteiger partial charge in [-0.05, 0) is 49.5 Å². The zero-order chi connectivity index (χ0) is 15.4. The number of hydrogen-bond acceptors (Lipinski definition) is 3. The number of carbonyl (C=O) groups is 1. The molecule has 3 rings (SSSR count). The standard InChI is InChI=1S/C17H24ClN3O/c18-16-5-1-3-14(9-16)12-21-8-7-20(13-17(21)22)11-15-4-2-6-19-10-15/h1,3,5,9,15,19H,2,4,6-8,10-13H2. The summed E-state index contributed by atoms with van der Waals surface area (Å²) >= 11 is 6.01. The summed E-state index contributed by atoms with van der Waals surface area (Å²) in [6.45, 7) is 6.28. The molecule has 0 spiro atoms. The van der Waals surface area contributed by atoms with Crippen LogP contribution >= 0.6 is 11.6 Å². The van der Waals surface area contributed by atoms with Crippen LogP contribution in [0.2, 0.25) is 5.02 Å². The van der Waals surface area contributed by atoms with E-state index in [2.05, 4.69) is 10.2 Å². The zero-order valence-corrected chi connectivity index (χ0v) is 13.7. The second-order valence-corrected chi connectivity index (χ2v) is 6.83. The zero-order valence-electron chi connectivity index (χ0n) is 12.9. The Kier molecular flexibility index (Phi) is 5.34. The van der Waals surface area contributed by atoms with E-state index < -0.39 is 0 Å². The van der Waals surface area contributed by atoms with Gasteiger partial charge in [-0.25, -0.2) is 0 Å². The summed E-state index contributed by atoms with van der Waals surface area (Å²) in [5.41, 5.74) is 1.10. The van der Waals surface area contributed by atoms with Crippen molar-refractivity contribution in [3.05, 3.63) is 34.9 Å². The largest absolute Gasteiger partial charge is 0.336 e. The summed E-state index contributed by atoms with van der Waals surface area (Å²) in [6, 6.07) is 7.77. The molecule has 0 saturated carbocycles. The van der Waals surface area contributed by atoms with Crippen LogP contribution in [-0.2, 0) is 11.3 Å². The van der Waals surface area contributed by atoms with Crippen LogP contribution in [0.15, 0.2) is 24.3 Å². The maximum atomic E-state index is 12.4. The highest BCUT2D eigenvalue weighted by atomic mass is 35.5. The van der Waals surface area contributed by atoms with Gasteiger partial charge < -0.3 is 10.2 Å². The predicted molar refractivity (Wildman–Crippen MR) is 88.9 cm³/mol. The Labute approximate surface area is 137 Å². The Bertz CT molecular complexity index is 516. The number of hydrogen-bond donors (Lipinski definition) is 1. The molecule has 0 radical (unpaired) electrons. The molecule has 2 fully saturated rings. The smallest absolute Gasteiger partial charge is 0.237 e. The van der Waals surface area contributed by atoms with E-state index in [1.165, 1.54) is 12.8 Å². The lowest BCUT2D eigenvalue weighted by Gasteiger charge is -2.37. The number of piperazine rings is 1. The van der Waals surface area contributed by atoms with Gasteiger partial charge in [0.1, 0.15) is 0 Å². The normalized spacial score (nSPS) is 23.8. The molecule has 2 heterocycles. The van der Waals surface area contributed by atoms with Crippen molar-refractivity contribution in [3.8, 4) is 0 Å². The SMILES string of the molecule is O=C1CN(CC2CCCNC2)CCN1Cc1cccc(Cl)c1. The molecule has 1 N–H and O–H groups in total. The van der Waals surface area contributed by atoms with Crippen LogP contribution < -0.4 is 5.32 Å². The number of benzene rings is 1. The summed E-state index contributed by atoms with van der Waals surface area (Å²) in [6.07, 6.45) is 2.54. The molecule has 22 heavy (non-hydrogen) atoms. The summed E-state index contributed by atoms with van der Waals surface area (Å²) < 4.78 is 0. The highest BCUT2D eigenvalue weighted by molar-refractivity contribution is 6.30. The molecular formula is C17H24ClN3O. The second-order valence-electron chi connectivity index (χ2n) is 6.39. The van der Waals surface area contributed by atoms with E-state index in [1.807, 2.05) is 29.2 Å². The van der Waals surface area contributed by atoms with Gasteiger partial charge in [-0.15, -0.1) is 0 Å². The van der Waals surface area contributed by atoms with Gasteiger partial charge in [0.25, 0.3) is 0 Å². The number of nitrogens with one attached hydrogen (secondary N) is 1. The molecule has 1 aromatic carbocycles. The van der Waals surface area contributed by atoms with Crippen LogP contribution in [0.4, 0.5) is 0 Å². The quantitative estimate of drug-likeness (QED) is 0.921. The molecule has 1 amide bonds.